The van der Waals surface area contributed by atoms with Crippen LogP contribution in [0.15, 0.2) is 11.8 Å². The third-order valence-corrected chi connectivity index (χ3v) is 5.68. The van der Waals surface area contributed by atoms with E-state index in [4.69, 9.17) is 14.2 Å². The Morgan fingerprint density at radius 3 is 1.92 bits per heavy atom. The fraction of sp³-hybridized carbons (Fsp3) is 0.750. The Labute approximate surface area is 310 Å². The molecule has 2 aliphatic rings. The van der Waals surface area contributed by atoms with E-state index < -0.39 is 98.6 Å². The number of ether oxygens (including phenoxy) is 3. The molecule has 27 heteroatoms. The minimum absolute atomic E-state index is 0. The number of rotatable bonds is 10. The van der Waals surface area contributed by atoms with Crippen molar-refractivity contribution < 1.29 is 205 Å². The van der Waals surface area contributed by atoms with Gasteiger partial charge in [0.15, 0.2) is 22.7 Å². The molecule has 2 rings (SSSR count). The van der Waals surface area contributed by atoms with Crippen LogP contribution >= 0.6 is 0 Å². The second-order valence-corrected chi connectivity index (χ2v) is 9.92. The van der Waals surface area contributed by atoms with Gasteiger partial charge in [-0.15, -0.1) is 0 Å². The van der Waals surface area contributed by atoms with Crippen LogP contribution in [0.25, 0.3) is 0 Å². The normalized spacial score (nSPS) is 31.1. The molecular weight excluding hydrogens is 650 g/mol. The summed E-state index contributed by atoms with van der Waals surface area (Å²) in [5, 5.41) is 41.4. The van der Waals surface area contributed by atoms with Gasteiger partial charge in [0.25, 0.3) is 0 Å². The van der Waals surface area contributed by atoms with E-state index in [9.17, 15) is 64.1 Å². The van der Waals surface area contributed by atoms with Crippen LogP contribution in [0.2, 0.25) is 0 Å². The first-order valence-electron chi connectivity index (χ1n) is 8.70. The monoisotopic (exact) mass is 665 g/mol. The van der Waals surface area contributed by atoms with Crippen molar-refractivity contribution in [3.63, 3.8) is 0 Å². The van der Waals surface area contributed by atoms with E-state index in [0.29, 0.717) is 6.08 Å². The number of aliphatic hydroxyl groups is 3. The summed E-state index contributed by atoms with van der Waals surface area (Å²) in [4.78, 5) is 11.1. The quantitative estimate of drug-likeness (QED) is 0.0955. The molecule has 0 bridgehead atoms. The molecule has 8 unspecified atom stereocenters. The maximum absolute atomic E-state index is 11.1. The Kier molecular flexibility index (Phi) is 21.6. The zero-order valence-corrected chi connectivity index (χ0v) is 31.0. The molecule has 0 aromatic carbocycles. The van der Waals surface area contributed by atoms with Crippen molar-refractivity contribution in [2.75, 3.05) is 6.61 Å². The number of carboxylic acids is 1. The van der Waals surface area contributed by atoms with Crippen molar-refractivity contribution in [1.29, 1.82) is 0 Å². The van der Waals surface area contributed by atoms with Crippen molar-refractivity contribution >= 4 is 37.1 Å². The predicted octanol–water partition coefficient (Wildman–Crippen LogP) is -19.4. The molecule has 4 N–H and O–H groups in total. The number of hydrogen-bond donors (Lipinski definition) is 4. The number of carboxylic acid groups (broad SMARTS) is 1. The van der Waals surface area contributed by atoms with E-state index in [-0.39, 0.29) is 118 Å². The Bertz CT molecular complexity index is 1150. The largest absolute Gasteiger partial charge is 1.00 e. The molecule has 39 heavy (non-hydrogen) atoms. The summed E-state index contributed by atoms with van der Waals surface area (Å²) < 4.78 is 122. The van der Waals surface area contributed by atoms with Gasteiger partial charge in [-0.05, 0) is 6.08 Å². The molecular formula is C12H15NNa4O19S3. The predicted molar refractivity (Wildman–Crippen MR) is 92.6 cm³/mol. The van der Waals surface area contributed by atoms with Crippen LogP contribution in [0.3, 0.4) is 0 Å². The summed E-state index contributed by atoms with van der Waals surface area (Å²) in [6.07, 6.45) is -15.9. The topological polar surface area (TPSA) is 331 Å². The van der Waals surface area contributed by atoms with Gasteiger partial charge < -0.3 is 53.1 Å². The first-order valence-corrected chi connectivity index (χ1v) is 12.8. The summed E-state index contributed by atoms with van der Waals surface area (Å²) in [7, 11) is -16.5. The van der Waals surface area contributed by atoms with E-state index in [2.05, 4.69) is 8.37 Å². The van der Waals surface area contributed by atoms with Crippen molar-refractivity contribution in [3.8, 4) is 0 Å². The van der Waals surface area contributed by atoms with Crippen molar-refractivity contribution in [2.24, 2.45) is 0 Å². The minimum Gasteiger partial charge on any atom is -0.735 e. The van der Waals surface area contributed by atoms with Gasteiger partial charge in [-0.3, -0.25) is 8.37 Å². The third kappa shape index (κ3) is 15.3. The Balaban J connectivity index is -0.00000324. The molecule has 0 saturated carbocycles. The number of aliphatic hydroxyl groups excluding tert-OH is 3. The molecule has 0 amide bonds. The number of carbonyl (C=O) groups is 1. The molecule has 2 aliphatic heterocycles. The second-order valence-electron chi connectivity index (χ2n) is 6.71. The van der Waals surface area contributed by atoms with Gasteiger partial charge in [-0.25, -0.2) is 30.0 Å². The average molecular weight is 665 g/mol. The third-order valence-electron chi connectivity index (χ3n) is 4.24. The SMILES string of the molecule is O=C([O-])C1=CC(O)C(OS(=O)(=O)[O-])C(OC2C(COS(=O)(=O)[O-])OC(O)C(NS(=O)(=O)[O-])C2O)O1.[Na+].[Na+].[Na+].[Na+]. The number of hydrogen-bond acceptors (Lipinski definition) is 19. The fourth-order valence-electron chi connectivity index (χ4n) is 2.94. The zero-order valence-electron chi connectivity index (χ0n) is 20.5. The van der Waals surface area contributed by atoms with E-state index in [1.54, 1.807) is 0 Å². The molecule has 1 fully saturated rings. The summed E-state index contributed by atoms with van der Waals surface area (Å²) in [5.41, 5.74) is 0. The van der Waals surface area contributed by atoms with Crippen molar-refractivity contribution in [2.45, 2.75) is 49.1 Å². The van der Waals surface area contributed by atoms with Crippen molar-refractivity contribution in [3.05, 3.63) is 11.8 Å². The van der Waals surface area contributed by atoms with Gasteiger partial charge in [0, 0.05) is 0 Å². The van der Waals surface area contributed by atoms with Crippen LogP contribution in [0.1, 0.15) is 0 Å². The Hall–Kier alpha value is 2.42. The Morgan fingerprint density at radius 1 is 0.949 bits per heavy atom. The molecule has 0 aromatic heterocycles. The number of carbonyl (C=O) groups excluding carboxylic acids is 1. The molecule has 204 valence electrons. The molecule has 20 nitrogen and oxygen atoms in total. The van der Waals surface area contributed by atoms with Crippen LogP contribution < -0.4 is 128 Å². The van der Waals surface area contributed by atoms with E-state index in [1.165, 1.54) is 4.72 Å². The second kappa shape index (κ2) is 18.4. The van der Waals surface area contributed by atoms with Gasteiger partial charge in [-0.2, -0.15) is 0 Å². The molecule has 2 heterocycles. The number of aliphatic carboxylic acids is 1. The van der Waals surface area contributed by atoms with Gasteiger partial charge in [0.05, 0.1) is 6.61 Å². The summed E-state index contributed by atoms with van der Waals surface area (Å²) in [6.45, 7) is -1.36. The van der Waals surface area contributed by atoms with Crippen LogP contribution in [-0.2, 0) is 58.5 Å². The number of nitrogens with one attached hydrogen (secondary N) is 1. The van der Waals surface area contributed by atoms with Gasteiger partial charge in [0.2, 0.25) is 27.1 Å². The molecule has 1 saturated heterocycles. The van der Waals surface area contributed by atoms with Gasteiger partial charge in [0.1, 0.15) is 42.2 Å². The Morgan fingerprint density at radius 2 is 1.49 bits per heavy atom. The molecule has 0 aromatic rings. The van der Waals surface area contributed by atoms with E-state index in [1.807, 2.05) is 0 Å². The van der Waals surface area contributed by atoms with Gasteiger partial charge in [-0.1, -0.05) is 0 Å². The van der Waals surface area contributed by atoms with E-state index in [0.717, 1.165) is 0 Å². The first kappa shape index (κ1) is 45.8. The molecule has 0 spiro atoms. The van der Waals surface area contributed by atoms with Gasteiger partial charge >= 0.3 is 118 Å². The van der Waals surface area contributed by atoms with Crippen LogP contribution in [0, 0.1) is 0 Å². The first-order chi connectivity index (χ1) is 15.8. The zero-order chi connectivity index (χ0) is 26.9. The van der Waals surface area contributed by atoms with E-state index >= 15 is 0 Å². The van der Waals surface area contributed by atoms with Crippen LogP contribution in [0.5, 0.6) is 0 Å². The summed E-state index contributed by atoms with van der Waals surface area (Å²) in [5.74, 6) is -3.31. The fourth-order valence-corrected chi connectivity index (χ4v) is 4.31. The summed E-state index contributed by atoms with van der Waals surface area (Å²) >= 11 is 0. The average Bonchev–Trinajstić information content (AvgIpc) is 2.65. The molecule has 0 radical (unpaired) electrons. The minimum atomic E-state index is -5.64. The molecule has 0 aliphatic carbocycles. The van der Waals surface area contributed by atoms with Crippen molar-refractivity contribution in [1.82, 2.24) is 4.72 Å². The van der Waals surface area contributed by atoms with Crippen LogP contribution in [-0.4, -0.2) is 116 Å². The smallest absolute Gasteiger partial charge is 0.735 e. The maximum atomic E-state index is 11.1. The maximum Gasteiger partial charge on any atom is 1.00 e. The molecule has 8 atom stereocenters. The standard InChI is InChI=1S/C12H19NO19S3.4Na/c14-3-1-4(10(16)17)30-12(8(3)32-35(25,26)27)31-9-5(2-28-34(22,23)24)29-11(18)6(7(9)15)13-33(19,20)21;;;;/h1,3,5-9,11-15,18H,2H2,(H,16,17)(H,19,20,21)(H,22,23,24)(H,25,26,27);;;;/q;4*+1/p-4. The van der Waals surface area contributed by atoms with Crippen LogP contribution in [0.4, 0.5) is 0 Å². The summed E-state index contributed by atoms with van der Waals surface area (Å²) in [6, 6.07) is -2.25.